The maximum atomic E-state index is 13.5. The summed E-state index contributed by atoms with van der Waals surface area (Å²) in [5.74, 6) is 1.52. The Morgan fingerprint density at radius 1 is 1.09 bits per heavy atom. The molecule has 0 fully saturated rings. The molecule has 0 N–H and O–H groups in total. The van der Waals surface area contributed by atoms with E-state index < -0.39 is 0 Å². The average Bonchev–Trinajstić information content (AvgIpc) is 2.89. The summed E-state index contributed by atoms with van der Waals surface area (Å²) in [7, 11) is 5.49. The molecule has 2 aliphatic heterocycles. The van der Waals surface area contributed by atoms with Crippen LogP contribution in [0.5, 0.6) is 11.5 Å². The van der Waals surface area contributed by atoms with E-state index >= 15 is 0 Å². The first kappa shape index (κ1) is 25.1. The second kappa shape index (κ2) is 11.1. The van der Waals surface area contributed by atoms with Crippen molar-refractivity contribution in [2.24, 2.45) is 5.92 Å². The number of ether oxygens (including phenoxy) is 2. The monoisotopic (exact) mass is 474 g/mol. The number of methoxy groups -OCH3 is 2. The number of fused-ring (bicyclic) bond motifs is 1. The van der Waals surface area contributed by atoms with Gasteiger partial charge in [0.2, 0.25) is 0 Å². The van der Waals surface area contributed by atoms with Gasteiger partial charge in [0.1, 0.15) is 0 Å². The van der Waals surface area contributed by atoms with Gasteiger partial charge in [0.15, 0.2) is 11.5 Å². The van der Waals surface area contributed by atoms with Gasteiger partial charge in [-0.2, -0.15) is 0 Å². The molecule has 2 atom stereocenters. The van der Waals surface area contributed by atoms with E-state index in [-0.39, 0.29) is 11.8 Å². The van der Waals surface area contributed by atoms with Crippen LogP contribution in [0.1, 0.15) is 51.5 Å². The topological polar surface area (TPSA) is 42.0 Å². The first-order chi connectivity index (χ1) is 16.9. The van der Waals surface area contributed by atoms with E-state index in [9.17, 15) is 4.79 Å². The van der Waals surface area contributed by atoms with Crippen molar-refractivity contribution < 1.29 is 14.3 Å². The van der Waals surface area contributed by atoms with Crippen LogP contribution in [0.15, 0.2) is 71.6 Å². The van der Waals surface area contributed by atoms with Gasteiger partial charge in [-0.1, -0.05) is 38.1 Å². The number of benzene rings is 1. The van der Waals surface area contributed by atoms with Crippen molar-refractivity contribution in [3.8, 4) is 11.5 Å². The van der Waals surface area contributed by atoms with E-state index in [0.717, 1.165) is 54.6 Å². The fraction of sp³-hybridized carbons (Fsp3) is 0.433. The molecule has 4 rings (SSSR count). The molecule has 2 unspecified atom stereocenters. The third kappa shape index (κ3) is 5.46. The molecular formula is C30H38N2O3. The number of allylic oxidation sites excluding steroid dienone is 6. The highest BCUT2D eigenvalue weighted by Crippen LogP contribution is 2.37. The highest BCUT2D eigenvalue weighted by molar-refractivity contribution is 5.98. The zero-order chi connectivity index (χ0) is 24.9. The molecule has 3 aliphatic rings. The lowest BCUT2D eigenvalue weighted by molar-refractivity contribution is -0.122. The van der Waals surface area contributed by atoms with Crippen molar-refractivity contribution in [3.63, 3.8) is 0 Å². The van der Waals surface area contributed by atoms with Crippen LogP contribution in [0.2, 0.25) is 0 Å². The van der Waals surface area contributed by atoms with Crippen molar-refractivity contribution in [2.75, 3.05) is 27.8 Å². The lowest BCUT2D eigenvalue weighted by atomic mass is 9.87. The van der Waals surface area contributed by atoms with E-state index in [2.05, 4.69) is 50.1 Å². The van der Waals surface area contributed by atoms with Crippen LogP contribution >= 0.6 is 0 Å². The SMILES string of the molecule is CCCN(C)C1CC=C(C2=CN3C(=O)C=C(c4ccc(OC)c(OC)c4)C(C)CC=C3C=C2)CC1. The summed E-state index contributed by atoms with van der Waals surface area (Å²) in [5.41, 5.74) is 5.42. The Morgan fingerprint density at radius 2 is 1.89 bits per heavy atom. The van der Waals surface area contributed by atoms with Crippen molar-refractivity contribution in [1.29, 1.82) is 0 Å². The standard InChI is InChI=1S/C30H38N2O3/c1-6-17-31(3)25-13-8-22(9-14-25)24-10-15-26-12-7-21(2)27(19-30(33)32(26)20-24)23-11-16-28(34-4)29(18-23)35-5/h8,10-12,15-16,18-21,25H,6-7,9,13-14,17H2,1-5H3. The third-order valence-electron chi connectivity index (χ3n) is 7.38. The van der Waals surface area contributed by atoms with Crippen LogP contribution in [-0.2, 0) is 4.79 Å². The van der Waals surface area contributed by atoms with Gasteiger partial charge < -0.3 is 14.4 Å². The van der Waals surface area contributed by atoms with Gasteiger partial charge in [-0.05, 0) is 92.1 Å². The molecule has 0 saturated carbocycles. The summed E-state index contributed by atoms with van der Waals surface area (Å²) in [6.07, 6.45) is 17.9. The zero-order valence-electron chi connectivity index (χ0n) is 21.7. The molecule has 1 amide bonds. The predicted octanol–water partition coefficient (Wildman–Crippen LogP) is 6.11. The Labute approximate surface area is 210 Å². The molecule has 35 heavy (non-hydrogen) atoms. The molecule has 2 heterocycles. The van der Waals surface area contributed by atoms with Gasteiger partial charge >= 0.3 is 0 Å². The number of rotatable bonds is 7. The molecule has 0 aromatic heterocycles. The summed E-state index contributed by atoms with van der Waals surface area (Å²) < 4.78 is 10.9. The Hall–Kier alpha value is -3.05. The number of hydrogen-bond acceptors (Lipinski definition) is 4. The second-order valence-corrected chi connectivity index (χ2v) is 9.70. The molecule has 1 aromatic rings. The van der Waals surface area contributed by atoms with Crippen LogP contribution in [0.25, 0.3) is 5.57 Å². The molecule has 0 bridgehead atoms. The van der Waals surface area contributed by atoms with Gasteiger partial charge in [-0.25, -0.2) is 0 Å². The van der Waals surface area contributed by atoms with Gasteiger partial charge in [0.25, 0.3) is 5.91 Å². The fourth-order valence-corrected chi connectivity index (χ4v) is 5.23. The van der Waals surface area contributed by atoms with Crippen molar-refractivity contribution in [3.05, 3.63) is 77.2 Å². The predicted molar refractivity (Wildman–Crippen MR) is 142 cm³/mol. The highest BCUT2D eigenvalue weighted by atomic mass is 16.5. The lowest BCUT2D eigenvalue weighted by Crippen LogP contribution is -2.33. The Bertz CT molecular complexity index is 1110. The van der Waals surface area contributed by atoms with Gasteiger partial charge in [-0.15, -0.1) is 0 Å². The zero-order valence-corrected chi connectivity index (χ0v) is 21.7. The smallest absolute Gasteiger partial charge is 0.255 e. The first-order valence-electron chi connectivity index (χ1n) is 12.7. The minimum Gasteiger partial charge on any atom is -0.493 e. The molecule has 186 valence electrons. The summed E-state index contributed by atoms with van der Waals surface area (Å²) >= 11 is 0. The maximum absolute atomic E-state index is 13.5. The number of carbonyl (C=O) groups excluding carboxylic acids is 1. The molecule has 1 aromatic carbocycles. The number of nitrogens with zero attached hydrogens (tertiary/aromatic N) is 2. The minimum absolute atomic E-state index is 0.0219. The number of amides is 1. The Kier molecular flexibility index (Phi) is 7.97. The molecule has 0 radical (unpaired) electrons. The normalized spacial score (nSPS) is 22.5. The fourth-order valence-electron chi connectivity index (χ4n) is 5.23. The van der Waals surface area contributed by atoms with Crippen LogP contribution in [0.4, 0.5) is 0 Å². The van der Waals surface area contributed by atoms with Crippen molar-refractivity contribution in [1.82, 2.24) is 9.80 Å². The summed E-state index contributed by atoms with van der Waals surface area (Å²) in [6, 6.07) is 6.46. The summed E-state index contributed by atoms with van der Waals surface area (Å²) in [4.78, 5) is 17.8. The largest absolute Gasteiger partial charge is 0.493 e. The summed E-state index contributed by atoms with van der Waals surface area (Å²) in [6.45, 7) is 5.53. The summed E-state index contributed by atoms with van der Waals surface area (Å²) in [5, 5.41) is 0. The second-order valence-electron chi connectivity index (χ2n) is 9.70. The number of carbonyl (C=O) groups is 1. The van der Waals surface area contributed by atoms with E-state index in [1.165, 1.54) is 12.0 Å². The van der Waals surface area contributed by atoms with Gasteiger partial charge in [0.05, 0.1) is 14.2 Å². The van der Waals surface area contributed by atoms with Gasteiger partial charge in [-0.3, -0.25) is 9.69 Å². The van der Waals surface area contributed by atoms with E-state index in [0.29, 0.717) is 17.5 Å². The lowest BCUT2D eigenvalue weighted by Gasteiger charge is -2.32. The quantitative estimate of drug-likeness (QED) is 0.478. The maximum Gasteiger partial charge on any atom is 0.255 e. The van der Waals surface area contributed by atoms with Gasteiger partial charge in [0, 0.05) is 24.0 Å². The average molecular weight is 475 g/mol. The number of hydrogen-bond donors (Lipinski definition) is 0. The van der Waals surface area contributed by atoms with Crippen LogP contribution in [0, 0.1) is 5.92 Å². The Morgan fingerprint density at radius 3 is 2.57 bits per heavy atom. The third-order valence-corrected chi connectivity index (χ3v) is 7.38. The van der Waals surface area contributed by atoms with Crippen LogP contribution in [-0.4, -0.2) is 49.6 Å². The van der Waals surface area contributed by atoms with Crippen molar-refractivity contribution in [2.45, 2.75) is 52.0 Å². The van der Waals surface area contributed by atoms with Crippen LogP contribution in [0.3, 0.4) is 0 Å². The molecule has 1 aliphatic carbocycles. The molecular weight excluding hydrogens is 436 g/mol. The molecule has 0 saturated heterocycles. The van der Waals surface area contributed by atoms with Crippen LogP contribution < -0.4 is 9.47 Å². The van der Waals surface area contributed by atoms with E-state index in [4.69, 9.17) is 9.47 Å². The van der Waals surface area contributed by atoms with E-state index in [1.54, 1.807) is 25.2 Å². The minimum atomic E-state index is -0.0219. The molecule has 5 nitrogen and oxygen atoms in total. The van der Waals surface area contributed by atoms with E-state index in [1.807, 2.05) is 24.4 Å². The Balaban J connectivity index is 1.59. The van der Waals surface area contributed by atoms with Crippen molar-refractivity contribution >= 4 is 11.5 Å². The first-order valence-corrected chi connectivity index (χ1v) is 12.7. The molecule has 0 spiro atoms. The highest BCUT2D eigenvalue weighted by Gasteiger charge is 2.25. The molecule has 5 heteroatoms.